The molecule has 1 N–H and O–H groups in total. The molecule has 0 atom stereocenters. The fraction of sp³-hybridized carbons (Fsp3) is 0.133. The summed E-state index contributed by atoms with van der Waals surface area (Å²) in [4.78, 5) is 11.8. The standard InChI is InChI=1S/C15H13F2NO/c1-10-4-2-7-13(14(10)17)15(19)18-9-11-5-3-6-12(16)8-11/h2-8H,9H2,1H3,(H,18,19). The molecule has 0 saturated heterocycles. The van der Waals surface area contributed by atoms with Crippen molar-refractivity contribution < 1.29 is 13.6 Å². The van der Waals surface area contributed by atoms with E-state index in [-0.39, 0.29) is 17.9 Å². The molecule has 0 spiro atoms. The van der Waals surface area contributed by atoms with Gasteiger partial charge in [0.2, 0.25) is 0 Å². The number of hydrogen-bond donors (Lipinski definition) is 1. The quantitative estimate of drug-likeness (QED) is 0.903. The van der Waals surface area contributed by atoms with Gasteiger partial charge in [-0.25, -0.2) is 8.78 Å². The Hall–Kier alpha value is -2.23. The van der Waals surface area contributed by atoms with Gasteiger partial charge in [-0.3, -0.25) is 4.79 Å². The van der Waals surface area contributed by atoms with E-state index in [9.17, 15) is 13.6 Å². The molecule has 0 aromatic heterocycles. The second-order valence-corrected chi connectivity index (χ2v) is 4.25. The van der Waals surface area contributed by atoms with E-state index in [2.05, 4.69) is 5.32 Å². The van der Waals surface area contributed by atoms with Gasteiger partial charge in [-0.1, -0.05) is 24.3 Å². The van der Waals surface area contributed by atoms with Crippen molar-refractivity contribution in [3.8, 4) is 0 Å². The first kappa shape index (κ1) is 13.2. The van der Waals surface area contributed by atoms with Crippen LogP contribution in [0.2, 0.25) is 0 Å². The van der Waals surface area contributed by atoms with E-state index in [1.165, 1.54) is 18.2 Å². The van der Waals surface area contributed by atoms with Crippen molar-refractivity contribution in [2.24, 2.45) is 0 Å². The third-order valence-corrected chi connectivity index (χ3v) is 2.78. The molecule has 4 heteroatoms. The average Bonchev–Trinajstić information content (AvgIpc) is 2.39. The minimum atomic E-state index is -0.528. The Morgan fingerprint density at radius 3 is 2.63 bits per heavy atom. The molecule has 0 saturated carbocycles. The summed E-state index contributed by atoms with van der Waals surface area (Å²) in [6.45, 7) is 1.75. The van der Waals surface area contributed by atoms with Gasteiger partial charge < -0.3 is 5.32 Å². The van der Waals surface area contributed by atoms with Crippen molar-refractivity contribution in [3.63, 3.8) is 0 Å². The van der Waals surface area contributed by atoms with E-state index < -0.39 is 11.7 Å². The molecule has 0 aliphatic rings. The van der Waals surface area contributed by atoms with Crippen LogP contribution in [0.25, 0.3) is 0 Å². The highest BCUT2D eigenvalue weighted by atomic mass is 19.1. The van der Waals surface area contributed by atoms with Gasteiger partial charge in [0.15, 0.2) is 0 Å². The fourth-order valence-corrected chi connectivity index (χ4v) is 1.75. The predicted octanol–water partition coefficient (Wildman–Crippen LogP) is 3.20. The van der Waals surface area contributed by atoms with E-state index in [4.69, 9.17) is 0 Å². The van der Waals surface area contributed by atoms with Crippen molar-refractivity contribution in [1.29, 1.82) is 0 Å². The number of carbonyl (C=O) groups excluding carboxylic acids is 1. The van der Waals surface area contributed by atoms with Gasteiger partial charge >= 0.3 is 0 Å². The Morgan fingerprint density at radius 1 is 1.16 bits per heavy atom. The Labute approximate surface area is 110 Å². The van der Waals surface area contributed by atoms with Crippen LogP contribution < -0.4 is 5.32 Å². The molecule has 0 fully saturated rings. The predicted molar refractivity (Wildman–Crippen MR) is 68.7 cm³/mol. The molecule has 1 amide bonds. The lowest BCUT2D eigenvalue weighted by molar-refractivity contribution is 0.0946. The van der Waals surface area contributed by atoms with Crippen molar-refractivity contribution >= 4 is 5.91 Å². The molecule has 98 valence electrons. The van der Waals surface area contributed by atoms with E-state index >= 15 is 0 Å². The minimum Gasteiger partial charge on any atom is -0.348 e. The summed E-state index contributed by atoms with van der Waals surface area (Å²) >= 11 is 0. The lowest BCUT2D eigenvalue weighted by Crippen LogP contribution is -2.24. The maximum Gasteiger partial charge on any atom is 0.254 e. The van der Waals surface area contributed by atoms with Gasteiger partial charge in [0, 0.05) is 6.54 Å². The Balaban J connectivity index is 2.08. The number of benzene rings is 2. The van der Waals surface area contributed by atoms with Crippen molar-refractivity contribution in [3.05, 3.63) is 70.8 Å². The maximum absolute atomic E-state index is 13.7. The number of nitrogens with one attached hydrogen (secondary N) is 1. The Morgan fingerprint density at radius 2 is 1.89 bits per heavy atom. The van der Waals surface area contributed by atoms with Gasteiger partial charge in [0.1, 0.15) is 11.6 Å². The van der Waals surface area contributed by atoms with Crippen LogP contribution in [0.4, 0.5) is 8.78 Å². The normalized spacial score (nSPS) is 10.3. The molecule has 0 aliphatic heterocycles. The highest BCUT2D eigenvalue weighted by Gasteiger charge is 2.12. The summed E-state index contributed by atoms with van der Waals surface area (Å²) < 4.78 is 26.7. The highest BCUT2D eigenvalue weighted by Crippen LogP contribution is 2.12. The van der Waals surface area contributed by atoms with E-state index in [1.54, 1.807) is 31.2 Å². The van der Waals surface area contributed by atoms with Crippen LogP contribution in [0.3, 0.4) is 0 Å². The van der Waals surface area contributed by atoms with Gasteiger partial charge in [-0.15, -0.1) is 0 Å². The molecular formula is C15H13F2NO. The third kappa shape index (κ3) is 3.16. The SMILES string of the molecule is Cc1cccc(C(=O)NCc2cccc(F)c2)c1F. The van der Waals surface area contributed by atoms with Crippen molar-refractivity contribution in [2.75, 3.05) is 0 Å². The second kappa shape index (κ2) is 5.61. The van der Waals surface area contributed by atoms with Gasteiger partial charge in [-0.2, -0.15) is 0 Å². The average molecular weight is 261 g/mol. The van der Waals surface area contributed by atoms with E-state index in [0.717, 1.165) is 0 Å². The summed E-state index contributed by atoms with van der Waals surface area (Å²) in [5, 5.41) is 2.56. The van der Waals surface area contributed by atoms with E-state index in [1.807, 2.05) is 0 Å². The lowest BCUT2D eigenvalue weighted by Gasteiger charge is -2.07. The van der Waals surface area contributed by atoms with Crippen LogP contribution in [0.5, 0.6) is 0 Å². The zero-order valence-corrected chi connectivity index (χ0v) is 10.4. The first-order valence-electron chi connectivity index (χ1n) is 5.85. The smallest absolute Gasteiger partial charge is 0.254 e. The monoisotopic (exact) mass is 261 g/mol. The second-order valence-electron chi connectivity index (χ2n) is 4.25. The Bertz CT molecular complexity index is 611. The molecule has 0 heterocycles. The molecule has 2 rings (SSSR count). The first-order valence-corrected chi connectivity index (χ1v) is 5.85. The molecule has 2 aromatic rings. The number of carbonyl (C=O) groups is 1. The number of amides is 1. The fourth-order valence-electron chi connectivity index (χ4n) is 1.75. The zero-order valence-electron chi connectivity index (χ0n) is 10.4. The topological polar surface area (TPSA) is 29.1 Å². The van der Waals surface area contributed by atoms with Crippen LogP contribution in [-0.4, -0.2) is 5.91 Å². The first-order chi connectivity index (χ1) is 9.08. The number of aryl methyl sites for hydroxylation is 1. The van der Waals surface area contributed by atoms with Gasteiger partial charge in [0.05, 0.1) is 5.56 Å². The van der Waals surface area contributed by atoms with Gasteiger partial charge in [0.25, 0.3) is 5.91 Å². The number of halogens is 2. The molecule has 0 bridgehead atoms. The van der Waals surface area contributed by atoms with Crippen molar-refractivity contribution in [1.82, 2.24) is 5.32 Å². The Kier molecular flexibility index (Phi) is 3.90. The lowest BCUT2D eigenvalue weighted by atomic mass is 10.1. The summed E-state index contributed by atoms with van der Waals surface area (Å²) in [5.74, 6) is -1.40. The molecule has 0 unspecified atom stereocenters. The molecule has 0 radical (unpaired) electrons. The van der Waals surface area contributed by atoms with Gasteiger partial charge in [-0.05, 0) is 36.2 Å². The molecule has 0 aliphatic carbocycles. The maximum atomic E-state index is 13.7. The highest BCUT2D eigenvalue weighted by molar-refractivity contribution is 5.94. The van der Waals surface area contributed by atoms with E-state index in [0.29, 0.717) is 11.1 Å². The van der Waals surface area contributed by atoms with Crippen molar-refractivity contribution in [2.45, 2.75) is 13.5 Å². The summed E-state index contributed by atoms with van der Waals surface area (Å²) in [7, 11) is 0. The largest absolute Gasteiger partial charge is 0.348 e. The molecule has 2 nitrogen and oxygen atoms in total. The number of rotatable bonds is 3. The van der Waals surface area contributed by atoms with Crippen LogP contribution >= 0.6 is 0 Å². The summed E-state index contributed by atoms with van der Waals surface area (Å²) in [6.07, 6.45) is 0. The van der Waals surface area contributed by atoms with Crippen LogP contribution in [0.1, 0.15) is 21.5 Å². The molecular weight excluding hydrogens is 248 g/mol. The zero-order chi connectivity index (χ0) is 13.8. The molecule has 2 aromatic carbocycles. The summed E-state index contributed by atoms with van der Waals surface area (Å²) in [5.41, 5.74) is 1.04. The number of hydrogen-bond acceptors (Lipinski definition) is 1. The minimum absolute atomic E-state index is 0.00333. The van der Waals surface area contributed by atoms with Crippen LogP contribution in [-0.2, 0) is 6.54 Å². The van der Waals surface area contributed by atoms with Crippen LogP contribution in [0.15, 0.2) is 42.5 Å². The van der Waals surface area contributed by atoms with Crippen LogP contribution in [0, 0.1) is 18.6 Å². The third-order valence-electron chi connectivity index (χ3n) is 2.78. The summed E-state index contributed by atoms with van der Waals surface area (Å²) in [6, 6.07) is 10.5. The molecule has 19 heavy (non-hydrogen) atoms.